The Hall–Kier alpha value is -1.07. The highest BCUT2D eigenvalue weighted by atomic mass is 32.1. The van der Waals surface area contributed by atoms with E-state index < -0.39 is 0 Å². The number of hydrogen-bond acceptors (Lipinski definition) is 3. The zero-order chi connectivity index (χ0) is 12.8. The molecule has 5 heteroatoms. The maximum absolute atomic E-state index is 5.25. The molecule has 0 amide bonds. The molecular formula is C13H21N3OS. The van der Waals surface area contributed by atoms with Crippen molar-refractivity contribution in [2.24, 2.45) is 10.4 Å². The smallest absolute Gasteiger partial charge is 0.191 e. The molecule has 1 aliphatic heterocycles. The van der Waals surface area contributed by atoms with Crippen LogP contribution < -0.4 is 10.6 Å². The van der Waals surface area contributed by atoms with Crippen LogP contribution in [-0.4, -0.2) is 32.3 Å². The van der Waals surface area contributed by atoms with Crippen molar-refractivity contribution in [2.75, 3.05) is 26.3 Å². The third-order valence-corrected chi connectivity index (χ3v) is 3.76. The molecule has 2 N–H and O–H groups in total. The Bertz CT molecular complexity index is 385. The van der Waals surface area contributed by atoms with Gasteiger partial charge in [-0.15, -0.1) is 11.3 Å². The molecule has 2 rings (SSSR count). The monoisotopic (exact) mass is 267 g/mol. The maximum Gasteiger partial charge on any atom is 0.191 e. The van der Waals surface area contributed by atoms with Crippen molar-refractivity contribution in [3.8, 4) is 0 Å². The van der Waals surface area contributed by atoms with Gasteiger partial charge in [0, 0.05) is 23.4 Å². The topological polar surface area (TPSA) is 45.7 Å². The number of hydrogen-bond donors (Lipinski definition) is 2. The van der Waals surface area contributed by atoms with E-state index in [1.54, 1.807) is 11.3 Å². The van der Waals surface area contributed by atoms with Gasteiger partial charge in [0.25, 0.3) is 0 Å². The molecule has 2 heterocycles. The Balaban J connectivity index is 1.84. The highest BCUT2D eigenvalue weighted by Crippen LogP contribution is 2.24. The first-order chi connectivity index (χ1) is 8.72. The Morgan fingerprint density at radius 2 is 2.33 bits per heavy atom. The Morgan fingerprint density at radius 1 is 1.50 bits per heavy atom. The fourth-order valence-corrected chi connectivity index (χ4v) is 2.38. The molecule has 0 spiro atoms. The van der Waals surface area contributed by atoms with Crippen molar-refractivity contribution < 1.29 is 4.74 Å². The zero-order valence-corrected chi connectivity index (χ0v) is 11.8. The van der Waals surface area contributed by atoms with E-state index >= 15 is 0 Å². The van der Waals surface area contributed by atoms with Crippen molar-refractivity contribution in [3.05, 3.63) is 22.4 Å². The normalized spacial score (nSPS) is 18.2. The molecule has 0 saturated carbocycles. The van der Waals surface area contributed by atoms with E-state index in [1.165, 1.54) is 4.88 Å². The molecule has 100 valence electrons. The first kappa shape index (κ1) is 13.4. The standard InChI is InChI=1S/C13H21N3OS/c1-3-14-12(15-7-11-5-4-6-18-11)16-8-13(2)9-17-10-13/h4-6H,3,7-10H2,1-2H3,(H2,14,15,16). The molecule has 1 aromatic heterocycles. The molecule has 0 radical (unpaired) electrons. The van der Waals surface area contributed by atoms with E-state index in [-0.39, 0.29) is 5.41 Å². The minimum Gasteiger partial charge on any atom is -0.380 e. The molecule has 18 heavy (non-hydrogen) atoms. The zero-order valence-electron chi connectivity index (χ0n) is 11.0. The number of guanidine groups is 1. The first-order valence-electron chi connectivity index (χ1n) is 6.34. The van der Waals surface area contributed by atoms with Gasteiger partial charge in [0.1, 0.15) is 0 Å². The van der Waals surface area contributed by atoms with Gasteiger partial charge in [0.05, 0.1) is 19.8 Å². The number of aliphatic imine (C=N–C) groups is 1. The van der Waals surface area contributed by atoms with Crippen LogP contribution in [0, 0.1) is 5.41 Å². The number of nitrogens with one attached hydrogen (secondary N) is 2. The quantitative estimate of drug-likeness (QED) is 0.632. The van der Waals surface area contributed by atoms with Gasteiger partial charge in [0.15, 0.2) is 5.96 Å². The van der Waals surface area contributed by atoms with Crippen LogP contribution in [0.2, 0.25) is 0 Å². The Morgan fingerprint density at radius 3 is 2.89 bits per heavy atom. The van der Waals surface area contributed by atoms with Gasteiger partial charge in [-0.05, 0) is 18.4 Å². The summed E-state index contributed by atoms with van der Waals surface area (Å²) in [7, 11) is 0. The summed E-state index contributed by atoms with van der Waals surface area (Å²) in [6.07, 6.45) is 0. The Labute approximate surface area is 112 Å². The second kappa shape index (κ2) is 6.20. The molecule has 0 aromatic carbocycles. The third-order valence-electron chi connectivity index (χ3n) is 2.90. The highest BCUT2D eigenvalue weighted by Gasteiger charge is 2.33. The molecule has 0 atom stereocenters. The second-order valence-electron chi connectivity index (χ2n) is 4.93. The molecule has 1 saturated heterocycles. The average Bonchev–Trinajstić information content (AvgIpc) is 2.83. The van der Waals surface area contributed by atoms with E-state index in [2.05, 4.69) is 47.0 Å². The van der Waals surface area contributed by atoms with Gasteiger partial charge in [-0.1, -0.05) is 13.0 Å². The summed E-state index contributed by atoms with van der Waals surface area (Å²) < 4.78 is 5.25. The van der Waals surface area contributed by atoms with Crippen LogP contribution in [0.15, 0.2) is 22.5 Å². The van der Waals surface area contributed by atoms with E-state index in [0.29, 0.717) is 0 Å². The lowest BCUT2D eigenvalue weighted by Gasteiger charge is -2.38. The molecule has 1 aromatic rings. The second-order valence-corrected chi connectivity index (χ2v) is 5.96. The maximum atomic E-state index is 5.25. The van der Waals surface area contributed by atoms with Gasteiger partial charge in [-0.2, -0.15) is 0 Å². The van der Waals surface area contributed by atoms with Crippen LogP contribution in [0.5, 0.6) is 0 Å². The molecular weight excluding hydrogens is 246 g/mol. The van der Waals surface area contributed by atoms with Crippen molar-refractivity contribution in [1.82, 2.24) is 10.6 Å². The lowest BCUT2D eigenvalue weighted by atomic mass is 9.89. The van der Waals surface area contributed by atoms with Crippen LogP contribution in [-0.2, 0) is 11.3 Å². The van der Waals surface area contributed by atoms with Crippen LogP contribution >= 0.6 is 11.3 Å². The number of rotatable bonds is 5. The van der Waals surface area contributed by atoms with E-state index in [4.69, 9.17) is 4.74 Å². The molecule has 0 unspecified atom stereocenters. The minimum atomic E-state index is 0.263. The number of ether oxygens (including phenoxy) is 1. The first-order valence-corrected chi connectivity index (χ1v) is 7.22. The number of nitrogens with zero attached hydrogens (tertiary/aromatic N) is 1. The number of thiophene rings is 1. The van der Waals surface area contributed by atoms with E-state index in [0.717, 1.165) is 38.8 Å². The summed E-state index contributed by atoms with van der Waals surface area (Å²) in [4.78, 5) is 5.86. The van der Waals surface area contributed by atoms with Gasteiger partial charge in [-0.3, -0.25) is 0 Å². The van der Waals surface area contributed by atoms with E-state index in [1.807, 2.05) is 0 Å². The largest absolute Gasteiger partial charge is 0.380 e. The molecule has 1 aliphatic rings. The lowest BCUT2D eigenvalue weighted by molar-refractivity contribution is -0.0971. The predicted octanol–water partition coefficient (Wildman–Crippen LogP) is 1.84. The van der Waals surface area contributed by atoms with Crippen LogP contribution in [0.4, 0.5) is 0 Å². The van der Waals surface area contributed by atoms with Crippen LogP contribution in [0.1, 0.15) is 18.7 Å². The van der Waals surface area contributed by atoms with Gasteiger partial charge >= 0.3 is 0 Å². The predicted molar refractivity (Wildman–Crippen MR) is 76.1 cm³/mol. The summed E-state index contributed by atoms with van der Waals surface area (Å²) in [5.41, 5.74) is 0.263. The summed E-state index contributed by atoms with van der Waals surface area (Å²) in [5, 5.41) is 8.74. The van der Waals surface area contributed by atoms with Crippen LogP contribution in [0.3, 0.4) is 0 Å². The summed E-state index contributed by atoms with van der Waals surface area (Å²) >= 11 is 1.74. The van der Waals surface area contributed by atoms with Gasteiger partial charge in [0.2, 0.25) is 0 Å². The average molecular weight is 267 g/mol. The van der Waals surface area contributed by atoms with Crippen molar-refractivity contribution in [3.63, 3.8) is 0 Å². The summed E-state index contributed by atoms with van der Waals surface area (Å²) in [5.74, 6) is 0.888. The summed E-state index contributed by atoms with van der Waals surface area (Å²) in [6, 6.07) is 4.17. The highest BCUT2D eigenvalue weighted by molar-refractivity contribution is 7.09. The van der Waals surface area contributed by atoms with E-state index in [9.17, 15) is 0 Å². The van der Waals surface area contributed by atoms with Crippen molar-refractivity contribution in [2.45, 2.75) is 20.4 Å². The Kier molecular flexibility index (Phi) is 4.60. The fraction of sp³-hybridized carbons (Fsp3) is 0.615. The SMILES string of the molecule is CCNC(=NCc1cccs1)NCC1(C)COC1. The molecule has 4 nitrogen and oxygen atoms in total. The van der Waals surface area contributed by atoms with Crippen molar-refractivity contribution >= 4 is 17.3 Å². The minimum absolute atomic E-state index is 0.263. The van der Waals surface area contributed by atoms with Crippen LogP contribution in [0.25, 0.3) is 0 Å². The molecule has 1 fully saturated rings. The third kappa shape index (κ3) is 3.71. The van der Waals surface area contributed by atoms with Gasteiger partial charge < -0.3 is 15.4 Å². The van der Waals surface area contributed by atoms with Gasteiger partial charge in [-0.25, -0.2) is 4.99 Å². The molecule has 0 bridgehead atoms. The molecule has 0 aliphatic carbocycles. The van der Waals surface area contributed by atoms with Crippen molar-refractivity contribution in [1.29, 1.82) is 0 Å². The summed E-state index contributed by atoms with van der Waals surface area (Å²) in [6.45, 7) is 8.50. The fourth-order valence-electron chi connectivity index (χ4n) is 1.75. The lowest BCUT2D eigenvalue weighted by Crippen LogP contribution is -2.51.